The van der Waals surface area contributed by atoms with Gasteiger partial charge < -0.3 is 10.2 Å². The van der Waals surface area contributed by atoms with Crippen LogP contribution in [0.25, 0.3) is 0 Å². The van der Waals surface area contributed by atoms with E-state index in [0.717, 1.165) is 0 Å². The molecule has 0 aromatic heterocycles. The Hall–Kier alpha value is -0.660. The van der Waals surface area contributed by atoms with Gasteiger partial charge >= 0.3 is 5.97 Å². The second kappa shape index (κ2) is 2.95. The number of aliphatic hydroxyl groups excluding tert-OH is 1. The minimum Gasteiger partial charge on any atom is -0.479 e. The van der Waals surface area contributed by atoms with Gasteiger partial charge in [-0.2, -0.15) is 8.42 Å². The first kappa shape index (κ1) is 9.34. The van der Waals surface area contributed by atoms with Crippen molar-refractivity contribution in [3.8, 4) is 0 Å². The monoisotopic (exact) mass is 170 g/mol. The van der Waals surface area contributed by atoms with E-state index < -0.39 is 27.9 Å². The highest BCUT2D eigenvalue weighted by Crippen LogP contribution is 1.89. The van der Waals surface area contributed by atoms with Gasteiger partial charge in [0.05, 0.1) is 0 Å². The number of rotatable bonds is 3. The molecule has 10 heavy (non-hydrogen) atoms. The van der Waals surface area contributed by atoms with Crippen molar-refractivity contribution in [2.75, 3.05) is 5.75 Å². The normalized spacial score (nSPS) is 14.6. The number of aliphatic hydroxyl groups is 1. The number of carboxylic acids is 1. The quantitative estimate of drug-likeness (QED) is 0.436. The molecular formula is C3H6O6S. The van der Waals surface area contributed by atoms with Gasteiger partial charge in [0, 0.05) is 0 Å². The molecular weight excluding hydrogens is 164 g/mol. The van der Waals surface area contributed by atoms with Gasteiger partial charge in [0.1, 0.15) is 5.75 Å². The zero-order chi connectivity index (χ0) is 8.36. The Kier molecular flexibility index (Phi) is 2.76. The minimum absolute atomic E-state index is 1.18. The zero-order valence-electron chi connectivity index (χ0n) is 4.76. The van der Waals surface area contributed by atoms with Gasteiger partial charge in [-0.1, -0.05) is 0 Å². The van der Waals surface area contributed by atoms with Gasteiger partial charge in [0.25, 0.3) is 10.1 Å². The predicted octanol–water partition coefficient (Wildman–Crippen LogP) is -1.68. The maximum Gasteiger partial charge on any atom is 0.333 e. The van der Waals surface area contributed by atoms with Crippen LogP contribution >= 0.6 is 0 Å². The second-order valence-electron chi connectivity index (χ2n) is 1.60. The third-order valence-electron chi connectivity index (χ3n) is 0.654. The average molecular weight is 170 g/mol. The van der Waals surface area contributed by atoms with Gasteiger partial charge in [-0.25, -0.2) is 4.79 Å². The van der Waals surface area contributed by atoms with Gasteiger partial charge in [0.15, 0.2) is 6.10 Å². The van der Waals surface area contributed by atoms with Gasteiger partial charge in [-0.05, 0) is 0 Å². The Morgan fingerprint density at radius 1 is 1.50 bits per heavy atom. The Balaban J connectivity index is 4.06. The Morgan fingerprint density at radius 2 is 1.90 bits per heavy atom. The summed E-state index contributed by atoms with van der Waals surface area (Å²) >= 11 is 0. The van der Waals surface area contributed by atoms with E-state index in [9.17, 15) is 13.2 Å². The van der Waals surface area contributed by atoms with Crippen LogP contribution in [0.5, 0.6) is 0 Å². The van der Waals surface area contributed by atoms with E-state index in [1.165, 1.54) is 0 Å². The molecule has 60 valence electrons. The molecule has 0 heterocycles. The summed E-state index contributed by atoms with van der Waals surface area (Å²) in [6, 6.07) is 0. The van der Waals surface area contributed by atoms with E-state index in [1.54, 1.807) is 0 Å². The molecule has 0 aliphatic rings. The molecule has 7 heteroatoms. The van der Waals surface area contributed by atoms with Crippen LogP contribution in [0, 0.1) is 0 Å². The minimum atomic E-state index is -4.40. The van der Waals surface area contributed by atoms with Crippen molar-refractivity contribution in [1.82, 2.24) is 0 Å². The summed E-state index contributed by atoms with van der Waals surface area (Å²) in [5.74, 6) is -2.86. The molecule has 0 saturated heterocycles. The molecule has 0 saturated carbocycles. The highest BCUT2D eigenvalue weighted by Gasteiger charge is 2.20. The summed E-state index contributed by atoms with van der Waals surface area (Å²) in [6.45, 7) is 0. The molecule has 0 aromatic rings. The molecule has 1 atom stereocenters. The molecule has 0 amide bonds. The van der Waals surface area contributed by atoms with E-state index in [2.05, 4.69) is 0 Å². The molecule has 0 radical (unpaired) electrons. The topological polar surface area (TPSA) is 112 Å². The summed E-state index contributed by atoms with van der Waals surface area (Å²) in [5, 5.41) is 16.2. The van der Waals surface area contributed by atoms with Crippen molar-refractivity contribution >= 4 is 16.1 Å². The third-order valence-corrected chi connectivity index (χ3v) is 1.39. The summed E-state index contributed by atoms with van der Waals surface area (Å²) < 4.78 is 27.7. The van der Waals surface area contributed by atoms with Crippen LogP contribution in [0.4, 0.5) is 0 Å². The molecule has 0 aromatic carbocycles. The highest BCUT2D eigenvalue weighted by molar-refractivity contribution is 7.85. The van der Waals surface area contributed by atoms with Crippen LogP contribution in [-0.2, 0) is 14.9 Å². The summed E-state index contributed by atoms with van der Waals surface area (Å²) in [7, 11) is -4.40. The van der Waals surface area contributed by atoms with Crippen molar-refractivity contribution < 1.29 is 28.0 Å². The maximum absolute atomic E-state index is 9.88. The Bertz CT molecular complexity index is 215. The lowest BCUT2D eigenvalue weighted by atomic mass is 10.4. The molecule has 1 unspecified atom stereocenters. The number of carboxylic acid groups (broad SMARTS) is 1. The summed E-state index contributed by atoms with van der Waals surface area (Å²) in [5.41, 5.74) is 0. The fraction of sp³-hybridized carbons (Fsp3) is 0.667. The van der Waals surface area contributed by atoms with Crippen LogP contribution in [0.1, 0.15) is 0 Å². The standard InChI is InChI=1S/C3H6O6S/c4-2(3(5)6)1-10(7,8)9/h2,4H,1H2,(H,5,6)(H,7,8,9). The van der Waals surface area contributed by atoms with E-state index in [0.29, 0.717) is 0 Å². The van der Waals surface area contributed by atoms with Gasteiger partial charge in [0.2, 0.25) is 0 Å². The van der Waals surface area contributed by atoms with E-state index in [4.69, 9.17) is 14.8 Å². The maximum atomic E-state index is 9.88. The molecule has 6 nitrogen and oxygen atoms in total. The van der Waals surface area contributed by atoms with Crippen molar-refractivity contribution in [3.05, 3.63) is 0 Å². The van der Waals surface area contributed by atoms with E-state index in [-0.39, 0.29) is 0 Å². The number of hydrogen-bond donors (Lipinski definition) is 3. The van der Waals surface area contributed by atoms with E-state index >= 15 is 0 Å². The smallest absolute Gasteiger partial charge is 0.333 e. The molecule has 0 fully saturated rings. The van der Waals surface area contributed by atoms with Crippen molar-refractivity contribution in [2.45, 2.75) is 6.10 Å². The first-order valence-corrected chi connectivity index (χ1v) is 3.80. The Labute approximate surface area is 56.8 Å². The first-order chi connectivity index (χ1) is 4.33. The molecule has 3 N–H and O–H groups in total. The molecule has 0 bridgehead atoms. The molecule has 0 aliphatic carbocycles. The lowest BCUT2D eigenvalue weighted by molar-refractivity contribution is -0.145. The largest absolute Gasteiger partial charge is 0.479 e. The fourth-order valence-corrected chi connectivity index (χ4v) is 0.812. The van der Waals surface area contributed by atoms with Crippen LogP contribution in [0.3, 0.4) is 0 Å². The summed E-state index contributed by atoms with van der Waals surface area (Å²) in [4.78, 5) is 9.75. The number of hydrogen-bond acceptors (Lipinski definition) is 4. The van der Waals surface area contributed by atoms with Crippen LogP contribution in [-0.4, -0.2) is 41.0 Å². The second-order valence-corrected chi connectivity index (χ2v) is 3.10. The fourth-order valence-electron chi connectivity index (χ4n) is 0.271. The number of carbonyl (C=O) groups is 1. The first-order valence-electron chi connectivity index (χ1n) is 2.19. The van der Waals surface area contributed by atoms with E-state index in [1.807, 2.05) is 0 Å². The highest BCUT2D eigenvalue weighted by atomic mass is 32.2. The van der Waals surface area contributed by atoms with Crippen molar-refractivity contribution in [2.24, 2.45) is 0 Å². The lowest BCUT2D eigenvalue weighted by Gasteiger charge is -1.99. The number of aliphatic carboxylic acids is 1. The van der Waals surface area contributed by atoms with Crippen molar-refractivity contribution in [3.63, 3.8) is 0 Å². The van der Waals surface area contributed by atoms with Crippen molar-refractivity contribution in [1.29, 1.82) is 0 Å². The molecule has 0 rings (SSSR count). The van der Waals surface area contributed by atoms with Crippen LogP contribution in [0.15, 0.2) is 0 Å². The molecule has 0 aliphatic heterocycles. The van der Waals surface area contributed by atoms with Crippen LogP contribution in [0.2, 0.25) is 0 Å². The predicted molar refractivity (Wildman–Crippen MR) is 30.1 cm³/mol. The van der Waals surface area contributed by atoms with Gasteiger partial charge in [-0.3, -0.25) is 4.55 Å². The lowest BCUT2D eigenvalue weighted by Crippen LogP contribution is -2.28. The third kappa shape index (κ3) is 4.24. The summed E-state index contributed by atoms with van der Waals surface area (Å²) in [6.07, 6.45) is -2.06. The SMILES string of the molecule is O=C(O)C(O)CS(=O)(=O)O. The molecule has 0 spiro atoms. The Morgan fingerprint density at radius 3 is 2.00 bits per heavy atom. The average Bonchev–Trinajstić information content (AvgIpc) is 1.60. The zero-order valence-corrected chi connectivity index (χ0v) is 5.58. The van der Waals surface area contributed by atoms with Crippen LogP contribution < -0.4 is 0 Å². The van der Waals surface area contributed by atoms with Gasteiger partial charge in [-0.15, -0.1) is 0 Å².